The number of likely N-dealkylation sites (tertiary alicyclic amines) is 1. The van der Waals surface area contributed by atoms with Crippen molar-refractivity contribution in [3.8, 4) is 11.1 Å². The van der Waals surface area contributed by atoms with Gasteiger partial charge in [-0.25, -0.2) is 8.42 Å². The maximum Gasteiger partial charge on any atom is 0.183 e. The van der Waals surface area contributed by atoms with Crippen LogP contribution in [-0.4, -0.2) is 41.4 Å². The smallest absolute Gasteiger partial charge is 0.183 e. The van der Waals surface area contributed by atoms with Gasteiger partial charge in [0.25, 0.3) is 0 Å². The highest BCUT2D eigenvalue weighted by Gasteiger charge is 2.50. The van der Waals surface area contributed by atoms with Crippen molar-refractivity contribution in [3.63, 3.8) is 0 Å². The summed E-state index contributed by atoms with van der Waals surface area (Å²) in [4.78, 5) is 4.08. The number of rotatable bonds is 3. The molecule has 2 aliphatic heterocycles. The van der Waals surface area contributed by atoms with E-state index in [1.807, 2.05) is 31.6 Å². The molecule has 4 heterocycles. The van der Waals surface area contributed by atoms with E-state index in [-0.39, 0.29) is 11.2 Å². The van der Waals surface area contributed by atoms with Gasteiger partial charge in [0.15, 0.2) is 9.84 Å². The van der Waals surface area contributed by atoms with Gasteiger partial charge in [0.1, 0.15) is 0 Å². The predicted molar refractivity (Wildman–Crippen MR) is 102 cm³/mol. The van der Waals surface area contributed by atoms with E-state index >= 15 is 0 Å². The number of hydrogen-bond donors (Lipinski definition) is 0. The quantitative estimate of drug-likeness (QED) is 0.696. The molecule has 26 heavy (non-hydrogen) atoms. The van der Waals surface area contributed by atoms with Crippen molar-refractivity contribution in [2.45, 2.75) is 22.6 Å². The Morgan fingerprint density at radius 1 is 1.23 bits per heavy atom. The minimum absolute atomic E-state index is 0.0617. The highest BCUT2D eigenvalue weighted by molar-refractivity contribution is 7.92. The maximum atomic E-state index is 13.0. The molecule has 0 aliphatic carbocycles. The monoisotopic (exact) mass is 385 g/mol. The Morgan fingerprint density at radius 3 is 2.85 bits per heavy atom. The Hall–Kier alpha value is -1.96. The van der Waals surface area contributed by atoms with Crippen LogP contribution in [-0.2, 0) is 23.4 Å². The fourth-order valence-electron chi connectivity index (χ4n) is 4.23. The molecular weight excluding hydrogens is 366 g/mol. The lowest BCUT2D eigenvalue weighted by molar-refractivity contribution is 0.328. The fraction of sp³-hybridized carbons (Fsp3) is 0.316. The summed E-state index contributed by atoms with van der Waals surface area (Å²) in [5.41, 5.74) is 3.03. The van der Waals surface area contributed by atoms with Gasteiger partial charge in [0, 0.05) is 49.2 Å². The van der Waals surface area contributed by atoms with Gasteiger partial charge in [-0.1, -0.05) is 12.1 Å². The number of aryl methyl sites for hydroxylation is 1. The zero-order valence-corrected chi connectivity index (χ0v) is 16.0. The third-order valence-corrected chi connectivity index (χ3v) is 8.57. The van der Waals surface area contributed by atoms with Crippen LogP contribution in [0.5, 0.6) is 0 Å². The molecule has 0 spiro atoms. The lowest BCUT2D eigenvalue weighted by atomic mass is 9.95. The number of fused-ring (bicyclic) bond motifs is 3. The van der Waals surface area contributed by atoms with Gasteiger partial charge in [0.05, 0.1) is 16.3 Å². The first kappa shape index (κ1) is 16.2. The number of sulfone groups is 1. The Morgan fingerprint density at radius 2 is 2.12 bits per heavy atom. The summed E-state index contributed by atoms with van der Waals surface area (Å²) in [6.45, 7) is 2.24. The number of aromatic nitrogens is 2. The zero-order valence-electron chi connectivity index (χ0n) is 14.4. The largest absolute Gasteiger partial charge is 0.296 e. The van der Waals surface area contributed by atoms with Crippen LogP contribution >= 0.6 is 11.3 Å². The summed E-state index contributed by atoms with van der Waals surface area (Å²) in [5.74, 6) is 0.0617. The van der Waals surface area contributed by atoms with Crippen molar-refractivity contribution in [2.75, 3.05) is 13.1 Å². The molecule has 0 N–H and O–H groups in total. The Labute approximate surface area is 156 Å². The van der Waals surface area contributed by atoms with Crippen LogP contribution in [0.4, 0.5) is 0 Å². The molecule has 1 saturated heterocycles. The molecule has 0 unspecified atom stereocenters. The van der Waals surface area contributed by atoms with Crippen LogP contribution in [0, 0.1) is 0 Å². The summed E-state index contributed by atoms with van der Waals surface area (Å²) >= 11 is 1.73. The van der Waals surface area contributed by atoms with Crippen molar-refractivity contribution in [2.24, 2.45) is 7.05 Å². The Bertz CT molecular complexity index is 1070. The van der Waals surface area contributed by atoms with Crippen molar-refractivity contribution in [1.82, 2.24) is 14.7 Å². The van der Waals surface area contributed by atoms with Gasteiger partial charge in [-0.3, -0.25) is 9.58 Å². The first-order chi connectivity index (χ1) is 12.5. The fourth-order valence-corrected chi connectivity index (χ4v) is 7.17. The molecular formula is C19H19N3O2S2. The highest BCUT2D eigenvalue weighted by atomic mass is 32.2. The summed E-state index contributed by atoms with van der Waals surface area (Å²) in [5, 5.41) is 5.98. The van der Waals surface area contributed by atoms with Crippen molar-refractivity contribution >= 4 is 21.2 Å². The molecule has 1 fully saturated rings. The molecule has 0 amide bonds. The van der Waals surface area contributed by atoms with E-state index < -0.39 is 9.84 Å². The molecule has 2 aliphatic rings. The molecule has 0 radical (unpaired) electrons. The van der Waals surface area contributed by atoms with E-state index in [1.165, 1.54) is 4.88 Å². The van der Waals surface area contributed by atoms with Gasteiger partial charge in [-0.2, -0.15) is 5.10 Å². The predicted octanol–water partition coefficient (Wildman–Crippen LogP) is 2.90. The van der Waals surface area contributed by atoms with E-state index in [0.29, 0.717) is 11.4 Å². The molecule has 0 bridgehead atoms. The second-order valence-corrected chi connectivity index (χ2v) is 10.3. The van der Waals surface area contributed by atoms with Crippen LogP contribution in [0.25, 0.3) is 11.1 Å². The maximum absolute atomic E-state index is 13.0. The first-order valence-corrected chi connectivity index (χ1v) is 11.1. The lowest BCUT2D eigenvalue weighted by Crippen LogP contribution is -2.25. The Balaban J connectivity index is 1.50. The summed E-state index contributed by atoms with van der Waals surface area (Å²) in [6.07, 6.45) is 3.78. The van der Waals surface area contributed by atoms with E-state index in [1.54, 1.807) is 22.1 Å². The Kier molecular flexibility index (Phi) is 3.60. The molecule has 7 heteroatoms. The summed E-state index contributed by atoms with van der Waals surface area (Å²) in [7, 11) is -1.36. The zero-order chi connectivity index (χ0) is 17.9. The van der Waals surface area contributed by atoms with Gasteiger partial charge < -0.3 is 0 Å². The molecule has 1 aromatic carbocycles. The van der Waals surface area contributed by atoms with Crippen molar-refractivity contribution in [1.29, 1.82) is 0 Å². The van der Waals surface area contributed by atoms with E-state index in [0.717, 1.165) is 29.8 Å². The van der Waals surface area contributed by atoms with Crippen LogP contribution in [0.3, 0.4) is 0 Å². The number of benzene rings is 1. The van der Waals surface area contributed by atoms with Crippen LogP contribution in [0.15, 0.2) is 53.0 Å². The lowest BCUT2D eigenvalue weighted by Gasteiger charge is -2.16. The SMILES string of the molecule is Cn1cc(-c2ccc3c(c2)[C@@H]2CN(Cc4cccs4)C[C@@H]2S3(=O)=O)cn1. The number of nitrogens with zero attached hydrogens (tertiary/aromatic N) is 3. The third-order valence-electron chi connectivity index (χ3n) is 5.45. The van der Waals surface area contributed by atoms with E-state index in [4.69, 9.17) is 0 Å². The molecule has 2 atom stereocenters. The third kappa shape index (κ3) is 2.46. The molecule has 134 valence electrons. The van der Waals surface area contributed by atoms with Crippen molar-refractivity contribution in [3.05, 3.63) is 58.5 Å². The first-order valence-electron chi connectivity index (χ1n) is 8.64. The van der Waals surface area contributed by atoms with Crippen molar-refractivity contribution < 1.29 is 8.42 Å². The summed E-state index contributed by atoms with van der Waals surface area (Å²) in [6, 6.07) is 9.90. The molecule has 2 aromatic heterocycles. The van der Waals surface area contributed by atoms with Gasteiger partial charge in [0.2, 0.25) is 0 Å². The van der Waals surface area contributed by atoms with E-state index in [2.05, 4.69) is 27.5 Å². The molecule has 3 aromatic rings. The van der Waals surface area contributed by atoms with Crippen LogP contribution in [0.1, 0.15) is 16.4 Å². The van der Waals surface area contributed by atoms with Crippen LogP contribution < -0.4 is 0 Å². The number of hydrogen-bond acceptors (Lipinski definition) is 5. The second kappa shape index (κ2) is 5.77. The number of thiophene rings is 1. The standard InChI is InChI=1S/C19H19N3O2S2/c1-21-9-14(8-20-21)13-4-5-18-16(7-13)17-11-22(10-15-3-2-6-25-15)12-19(17)26(18,23)24/h2-9,17,19H,10-12H2,1H3/t17-,19-/m0/s1. The topological polar surface area (TPSA) is 55.2 Å². The minimum atomic E-state index is -3.25. The molecule has 5 nitrogen and oxygen atoms in total. The molecule has 0 saturated carbocycles. The van der Waals surface area contributed by atoms with Gasteiger partial charge in [-0.15, -0.1) is 11.3 Å². The average Bonchev–Trinajstić information content (AvgIpc) is 3.37. The van der Waals surface area contributed by atoms with E-state index in [9.17, 15) is 8.42 Å². The second-order valence-electron chi connectivity index (χ2n) is 7.12. The normalized spacial score (nSPS) is 23.9. The highest BCUT2D eigenvalue weighted by Crippen LogP contribution is 2.46. The molecule has 5 rings (SSSR count). The van der Waals surface area contributed by atoms with Crippen LogP contribution in [0.2, 0.25) is 0 Å². The van der Waals surface area contributed by atoms with Gasteiger partial charge >= 0.3 is 0 Å². The summed E-state index contributed by atoms with van der Waals surface area (Å²) < 4.78 is 27.8. The minimum Gasteiger partial charge on any atom is -0.296 e. The van der Waals surface area contributed by atoms with Gasteiger partial charge in [-0.05, 0) is 34.7 Å². The average molecular weight is 386 g/mol.